The van der Waals surface area contributed by atoms with Crippen molar-refractivity contribution in [2.24, 2.45) is 5.92 Å². The van der Waals surface area contributed by atoms with Gasteiger partial charge >= 0.3 is 0 Å². The fraction of sp³-hybridized carbons (Fsp3) is 1.00. The van der Waals surface area contributed by atoms with Crippen LogP contribution in [0, 0.1) is 5.92 Å². The van der Waals surface area contributed by atoms with Gasteiger partial charge in [-0.2, -0.15) is 0 Å². The van der Waals surface area contributed by atoms with E-state index in [1.165, 1.54) is 51.9 Å². The van der Waals surface area contributed by atoms with Gasteiger partial charge in [0.2, 0.25) is 0 Å². The predicted molar refractivity (Wildman–Crippen MR) is 55.9 cm³/mol. The third-order valence-electron chi connectivity index (χ3n) is 3.25. The van der Waals surface area contributed by atoms with Gasteiger partial charge in [0.05, 0.1) is 0 Å². The normalized spacial score (nSPS) is 28.6. The minimum atomic E-state index is 0.848. The highest BCUT2D eigenvalue weighted by Crippen LogP contribution is 2.30. The highest BCUT2D eigenvalue weighted by atomic mass is 15.2. The molecule has 0 amide bonds. The molecular weight excluding hydrogens is 160 g/mol. The van der Waals surface area contributed by atoms with Crippen molar-refractivity contribution in [1.29, 1.82) is 0 Å². The molecule has 1 saturated heterocycles. The smallest absolute Gasteiger partial charge is 0.0232 e. The van der Waals surface area contributed by atoms with Crippen LogP contribution in [0.4, 0.5) is 0 Å². The van der Waals surface area contributed by atoms with Crippen molar-refractivity contribution in [1.82, 2.24) is 10.2 Å². The molecule has 2 fully saturated rings. The topological polar surface area (TPSA) is 15.3 Å². The van der Waals surface area contributed by atoms with Crippen molar-refractivity contribution in [2.75, 3.05) is 26.2 Å². The third-order valence-corrected chi connectivity index (χ3v) is 3.25. The lowest BCUT2D eigenvalue weighted by atomic mass is 10.2. The summed E-state index contributed by atoms with van der Waals surface area (Å²) in [6.45, 7) is 7.44. The maximum Gasteiger partial charge on any atom is 0.0232 e. The van der Waals surface area contributed by atoms with Crippen molar-refractivity contribution < 1.29 is 0 Å². The van der Waals surface area contributed by atoms with E-state index in [1.54, 1.807) is 0 Å². The summed E-state index contributed by atoms with van der Waals surface area (Å²) in [5.41, 5.74) is 0. The summed E-state index contributed by atoms with van der Waals surface area (Å²) >= 11 is 0. The van der Waals surface area contributed by atoms with E-state index in [1.807, 2.05) is 0 Å². The Morgan fingerprint density at radius 3 is 2.69 bits per heavy atom. The molecule has 0 radical (unpaired) electrons. The monoisotopic (exact) mass is 182 g/mol. The zero-order chi connectivity index (χ0) is 9.10. The van der Waals surface area contributed by atoms with Gasteiger partial charge in [0.25, 0.3) is 0 Å². The molecule has 0 spiro atoms. The van der Waals surface area contributed by atoms with E-state index in [2.05, 4.69) is 17.1 Å². The maximum atomic E-state index is 3.46. The van der Waals surface area contributed by atoms with E-state index in [0.717, 1.165) is 12.0 Å². The summed E-state index contributed by atoms with van der Waals surface area (Å²) in [5, 5.41) is 3.46. The van der Waals surface area contributed by atoms with Crippen molar-refractivity contribution in [2.45, 2.75) is 38.6 Å². The highest BCUT2D eigenvalue weighted by Gasteiger charge is 2.28. The zero-order valence-electron chi connectivity index (χ0n) is 8.76. The van der Waals surface area contributed by atoms with Gasteiger partial charge in [0, 0.05) is 19.1 Å². The van der Waals surface area contributed by atoms with E-state index in [0.29, 0.717) is 0 Å². The molecule has 1 unspecified atom stereocenters. The Hall–Kier alpha value is -0.0800. The standard InChI is InChI=1S/C11H22N2/c1-2-7-13(9-10-3-4-10)11-5-6-12-8-11/h10-12H,2-9H2,1H3. The number of hydrogen-bond acceptors (Lipinski definition) is 2. The zero-order valence-corrected chi connectivity index (χ0v) is 8.76. The van der Waals surface area contributed by atoms with Gasteiger partial charge in [-0.25, -0.2) is 0 Å². The molecule has 0 aromatic rings. The first-order valence-corrected chi connectivity index (χ1v) is 5.85. The van der Waals surface area contributed by atoms with Gasteiger partial charge in [-0.05, 0) is 44.7 Å². The second kappa shape index (κ2) is 4.43. The maximum absolute atomic E-state index is 3.46. The molecule has 0 aromatic heterocycles. The van der Waals surface area contributed by atoms with Crippen molar-refractivity contribution in [3.05, 3.63) is 0 Å². The molecule has 2 nitrogen and oxygen atoms in total. The summed E-state index contributed by atoms with van der Waals surface area (Å²) in [6.07, 6.45) is 5.65. The molecule has 1 aliphatic heterocycles. The Morgan fingerprint density at radius 1 is 1.31 bits per heavy atom. The van der Waals surface area contributed by atoms with Crippen LogP contribution in [0.2, 0.25) is 0 Å². The Labute approximate surface area is 81.7 Å². The van der Waals surface area contributed by atoms with Gasteiger partial charge in [-0.1, -0.05) is 6.92 Å². The van der Waals surface area contributed by atoms with Crippen LogP contribution in [0.3, 0.4) is 0 Å². The molecule has 0 aromatic carbocycles. The van der Waals surface area contributed by atoms with Gasteiger partial charge in [-0.15, -0.1) is 0 Å². The SMILES string of the molecule is CCCN(CC1CC1)C1CCNC1. The molecule has 13 heavy (non-hydrogen) atoms. The largest absolute Gasteiger partial charge is 0.315 e. The summed E-state index contributed by atoms with van der Waals surface area (Å²) in [7, 11) is 0. The Bertz CT molecular complexity index is 148. The fourth-order valence-electron chi connectivity index (χ4n) is 2.29. The van der Waals surface area contributed by atoms with Gasteiger partial charge in [0.15, 0.2) is 0 Å². The minimum Gasteiger partial charge on any atom is -0.315 e. The van der Waals surface area contributed by atoms with Gasteiger partial charge < -0.3 is 5.32 Å². The lowest BCUT2D eigenvalue weighted by Gasteiger charge is -2.27. The van der Waals surface area contributed by atoms with Crippen molar-refractivity contribution in [3.63, 3.8) is 0 Å². The quantitative estimate of drug-likeness (QED) is 0.692. The first-order valence-electron chi connectivity index (χ1n) is 5.85. The molecule has 2 rings (SSSR count). The predicted octanol–water partition coefficient (Wildman–Crippen LogP) is 1.47. The molecule has 1 N–H and O–H groups in total. The van der Waals surface area contributed by atoms with Crippen LogP contribution < -0.4 is 5.32 Å². The van der Waals surface area contributed by atoms with Crippen LogP contribution in [0.25, 0.3) is 0 Å². The van der Waals surface area contributed by atoms with E-state index in [4.69, 9.17) is 0 Å². The molecule has 2 aliphatic rings. The van der Waals surface area contributed by atoms with Crippen LogP contribution in [0.5, 0.6) is 0 Å². The molecule has 1 heterocycles. The molecule has 1 saturated carbocycles. The van der Waals surface area contributed by atoms with Crippen LogP contribution in [-0.4, -0.2) is 37.1 Å². The van der Waals surface area contributed by atoms with Crippen LogP contribution in [-0.2, 0) is 0 Å². The minimum absolute atomic E-state index is 0.848. The molecular formula is C11H22N2. The average molecular weight is 182 g/mol. The van der Waals surface area contributed by atoms with E-state index < -0.39 is 0 Å². The molecule has 1 atom stereocenters. The van der Waals surface area contributed by atoms with Gasteiger partial charge in [0.1, 0.15) is 0 Å². The number of rotatable bonds is 5. The van der Waals surface area contributed by atoms with Gasteiger partial charge in [-0.3, -0.25) is 4.90 Å². The Kier molecular flexibility index (Phi) is 3.23. The fourth-order valence-corrected chi connectivity index (χ4v) is 2.29. The summed E-state index contributed by atoms with van der Waals surface area (Å²) in [4.78, 5) is 2.72. The van der Waals surface area contributed by atoms with E-state index in [9.17, 15) is 0 Å². The second-order valence-electron chi connectivity index (χ2n) is 4.58. The molecule has 2 heteroatoms. The van der Waals surface area contributed by atoms with E-state index in [-0.39, 0.29) is 0 Å². The lowest BCUT2D eigenvalue weighted by molar-refractivity contribution is 0.200. The van der Waals surface area contributed by atoms with E-state index >= 15 is 0 Å². The number of nitrogens with one attached hydrogen (secondary N) is 1. The number of hydrogen-bond donors (Lipinski definition) is 1. The summed E-state index contributed by atoms with van der Waals surface area (Å²) in [6, 6.07) is 0.848. The summed E-state index contributed by atoms with van der Waals surface area (Å²) in [5.74, 6) is 1.05. The molecule has 76 valence electrons. The first-order chi connectivity index (χ1) is 6.40. The average Bonchev–Trinajstić information content (AvgIpc) is 2.80. The first kappa shape index (κ1) is 9.47. The van der Waals surface area contributed by atoms with Crippen molar-refractivity contribution >= 4 is 0 Å². The van der Waals surface area contributed by atoms with Crippen molar-refractivity contribution in [3.8, 4) is 0 Å². The summed E-state index contributed by atoms with van der Waals surface area (Å²) < 4.78 is 0. The van der Waals surface area contributed by atoms with Crippen LogP contribution >= 0.6 is 0 Å². The molecule has 1 aliphatic carbocycles. The second-order valence-corrected chi connectivity index (χ2v) is 4.58. The highest BCUT2D eigenvalue weighted by molar-refractivity contribution is 4.85. The molecule has 0 bridgehead atoms. The Morgan fingerprint density at radius 2 is 2.15 bits per heavy atom. The van der Waals surface area contributed by atoms with Crippen LogP contribution in [0.15, 0.2) is 0 Å². The van der Waals surface area contributed by atoms with Crippen LogP contribution in [0.1, 0.15) is 32.6 Å². The lowest BCUT2D eigenvalue weighted by Crippen LogP contribution is -2.38. The number of nitrogens with zero attached hydrogens (tertiary/aromatic N) is 1. The Balaban J connectivity index is 1.79. The third kappa shape index (κ3) is 2.68.